The van der Waals surface area contributed by atoms with E-state index in [0.717, 1.165) is 11.1 Å². The van der Waals surface area contributed by atoms with Gasteiger partial charge in [0.1, 0.15) is 12.0 Å². The van der Waals surface area contributed by atoms with Crippen LogP contribution in [0.15, 0.2) is 48.7 Å². The summed E-state index contributed by atoms with van der Waals surface area (Å²) < 4.78 is 19.3. The molecule has 0 bridgehead atoms. The second kappa shape index (κ2) is 6.25. The molecule has 5 nitrogen and oxygen atoms in total. The SMILES string of the molecule is COc1ccc(C2=CNC(N)C(c3ccc(N)cc3F)=C2)cc1O. The molecule has 0 spiro atoms. The number of halogens is 1. The van der Waals surface area contributed by atoms with Crippen LogP contribution >= 0.6 is 0 Å². The maximum Gasteiger partial charge on any atom is 0.160 e. The van der Waals surface area contributed by atoms with Crippen molar-refractivity contribution < 1.29 is 14.2 Å². The molecule has 3 rings (SSSR count). The Morgan fingerprint density at radius 2 is 2.00 bits per heavy atom. The van der Waals surface area contributed by atoms with Crippen molar-refractivity contribution in [2.75, 3.05) is 12.8 Å². The minimum atomic E-state index is -0.543. The molecule has 0 amide bonds. The Morgan fingerprint density at radius 3 is 2.67 bits per heavy atom. The molecule has 2 aromatic carbocycles. The minimum Gasteiger partial charge on any atom is -0.504 e. The Morgan fingerprint density at radius 1 is 1.21 bits per heavy atom. The van der Waals surface area contributed by atoms with E-state index in [9.17, 15) is 9.50 Å². The first-order valence-corrected chi connectivity index (χ1v) is 7.36. The summed E-state index contributed by atoms with van der Waals surface area (Å²) in [4.78, 5) is 0. The standard InChI is InChI=1S/C18H18FN3O2/c1-24-17-5-2-10(7-16(17)23)11-6-14(18(21)22-9-11)13-4-3-12(20)8-15(13)19/h2-9,18,22-23H,20-21H2,1H3. The average Bonchev–Trinajstić information content (AvgIpc) is 2.56. The first-order chi connectivity index (χ1) is 11.5. The maximum atomic E-state index is 14.2. The number of nitrogens with one attached hydrogen (secondary N) is 1. The van der Waals surface area contributed by atoms with Gasteiger partial charge in [-0.05, 0) is 53.1 Å². The number of hydrogen-bond acceptors (Lipinski definition) is 5. The molecule has 0 fully saturated rings. The van der Waals surface area contributed by atoms with Gasteiger partial charge in [0.25, 0.3) is 0 Å². The molecule has 1 atom stereocenters. The largest absolute Gasteiger partial charge is 0.504 e. The fraction of sp³-hybridized carbons (Fsp3) is 0.111. The van der Waals surface area contributed by atoms with Gasteiger partial charge < -0.3 is 26.6 Å². The van der Waals surface area contributed by atoms with Gasteiger partial charge in [0.2, 0.25) is 0 Å². The van der Waals surface area contributed by atoms with Gasteiger partial charge in [-0.25, -0.2) is 4.39 Å². The van der Waals surface area contributed by atoms with Crippen LogP contribution in [0.5, 0.6) is 11.5 Å². The second-order valence-corrected chi connectivity index (χ2v) is 5.47. The predicted molar refractivity (Wildman–Crippen MR) is 92.5 cm³/mol. The van der Waals surface area contributed by atoms with Gasteiger partial charge in [-0.15, -0.1) is 0 Å². The molecular weight excluding hydrogens is 309 g/mol. The number of nitrogen functional groups attached to an aromatic ring is 1. The van der Waals surface area contributed by atoms with Crippen LogP contribution in [0, 0.1) is 5.82 Å². The molecule has 0 aromatic heterocycles. The molecule has 24 heavy (non-hydrogen) atoms. The van der Waals surface area contributed by atoms with Gasteiger partial charge in [-0.2, -0.15) is 0 Å². The fourth-order valence-electron chi connectivity index (χ4n) is 2.62. The molecule has 0 radical (unpaired) electrons. The molecule has 1 unspecified atom stereocenters. The highest BCUT2D eigenvalue weighted by atomic mass is 19.1. The molecule has 124 valence electrons. The van der Waals surface area contributed by atoms with Crippen molar-refractivity contribution in [1.29, 1.82) is 0 Å². The molecule has 0 aliphatic carbocycles. The lowest BCUT2D eigenvalue weighted by molar-refractivity contribution is 0.373. The molecule has 2 aromatic rings. The van der Waals surface area contributed by atoms with Gasteiger partial charge in [0.15, 0.2) is 11.5 Å². The highest BCUT2D eigenvalue weighted by Crippen LogP contribution is 2.33. The number of anilines is 1. The Hall–Kier alpha value is -2.99. The number of dihydropyridines is 1. The van der Waals surface area contributed by atoms with E-state index in [1.807, 2.05) is 0 Å². The smallest absolute Gasteiger partial charge is 0.160 e. The first kappa shape index (κ1) is 15.9. The lowest BCUT2D eigenvalue weighted by atomic mass is 9.94. The Bertz CT molecular complexity index is 846. The van der Waals surface area contributed by atoms with E-state index >= 15 is 0 Å². The van der Waals surface area contributed by atoms with E-state index in [2.05, 4.69) is 5.32 Å². The van der Waals surface area contributed by atoms with E-state index in [0.29, 0.717) is 22.6 Å². The average molecular weight is 327 g/mol. The quantitative estimate of drug-likeness (QED) is 0.650. The summed E-state index contributed by atoms with van der Waals surface area (Å²) in [6, 6.07) is 9.54. The van der Waals surface area contributed by atoms with Crippen molar-refractivity contribution >= 4 is 16.8 Å². The zero-order chi connectivity index (χ0) is 17.3. The number of rotatable bonds is 3. The number of ether oxygens (including phenoxy) is 1. The summed E-state index contributed by atoms with van der Waals surface area (Å²) in [6.07, 6.45) is 2.97. The van der Waals surface area contributed by atoms with Crippen LogP contribution in [0.4, 0.5) is 10.1 Å². The maximum absolute atomic E-state index is 14.2. The van der Waals surface area contributed by atoms with Crippen molar-refractivity contribution in [2.24, 2.45) is 5.73 Å². The van der Waals surface area contributed by atoms with Crippen LogP contribution in [0.1, 0.15) is 11.1 Å². The number of allylic oxidation sites excluding steroid dienone is 2. The second-order valence-electron chi connectivity index (χ2n) is 5.47. The molecule has 6 N–H and O–H groups in total. The number of phenolic OH excluding ortho intramolecular Hbond substituents is 1. The van der Waals surface area contributed by atoms with Crippen molar-refractivity contribution in [3.05, 3.63) is 65.6 Å². The van der Waals surface area contributed by atoms with E-state index in [-0.39, 0.29) is 5.75 Å². The molecule has 0 saturated heterocycles. The van der Waals surface area contributed by atoms with Crippen LogP contribution in [0.3, 0.4) is 0 Å². The van der Waals surface area contributed by atoms with Crippen molar-refractivity contribution in [3.8, 4) is 11.5 Å². The summed E-state index contributed by atoms with van der Waals surface area (Å²) >= 11 is 0. The minimum absolute atomic E-state index is 0.0272. The third-order valence-corrected chi connectivity index (χ3v) is 3.88. The van der Waals surface area contributed by atoms with Gasteiger partial charge in [0, 0.05) is 17.5 Å². The van der Waals surface area contributed by atoms with Gasteiger partial charge in [-0.1, -0.05) is 6.07 Å². The van der Waals surface area contributed by atoms with E-state index in [4.69, 9.17) is 16.2 Å². The summed E-state index contributed by atoms with van der Waals surface area (Å²) in [5.74, 6) is -0.0229. The molecule has 6 heteroatoms. The van der Waals surface area contributed by atoms with Crippen molar-refractivity contribution in [3.63, 3.8) is 0 Å². The number of benzene rings is 2. The molecule has 1 aliphatic rings. The van der Waals surface area contributed by atoms with Gasteiger partial charge >= 0.3 is 0 Å². The monoisotopic (exact) mass is 327 g/mol. The normalized spacial score (nSPS) is 16.9. The van der Waals surface area contributed by atoms with Crippen LogP contribution in [-0.4, -0.2) is 18.4 Å². The summed E-state index contributed by atoms with van der Waals surface area (Å²) in [7, 11) is 1.48. The Kier molecular flexibility index (Phi) is 4.14. The number of methoxy groups -OCH3 is 1. The zero-order valence-electron chi connectivity index (χ0n) is 13.1. The fourth-order valence-corrected chi connectivity index (χ4v) is 2.62. The molecule has 0 saturated carbocycles. The first-order valence-electron chi connectivity index (χ1n) is 7.36. The van der Waals surface area contributed by atoms with E-state index in [1.54, 1.807) is 42.6 Å². The highest BCUT2D eigenvalue weighted by Gasteiger charge is 2.19. The van der Waals surface area contributed by atoms with Crippen LogP contribution in [0.2, 0.25) is 0 Å². The highest BCUT2D eigenvalue weighted by molar-refractivity contribution is 5.88. The number of nitrogens with two attached hydrogens (primary N) is 2. The molecular formula is C18H18FN3O2. The van der Waals surface area contributed by atoms with Crippen LogP contribution in [0.25, 0.3) is 11.1 Å². The third-order valence-electron chi connectivity index (χ3n) is 3.88. The predicted octanol–water partition coefficient (Wildman–Crippen LogP) is 2.43. The molecule has 1 heterocycles. The van der Waals surface area contributed by atoms with Crippen LogP contribution < -0.4 is 21.5 Å². The Balaban J connectivity index is 2.02. The summed E-state index contributed by atoms with van der Waals surface area (Å²) in [5.41, 5.74) is 14.5. The van der Waals surface area contributed by atoms with Crippen molar-refractivity contribution in [1.82, 2.24) is 5.32 Å². The summed E-state index contributed by atoms with van der Waals surface area (Å²) in [6.45, 7) is 0. The zero-order valence-corrected chi connectivity index (χ0v) is 13.1. The number of aromatic hydroxyl groups is 1. The third kappa shape index (κ3) is 2.91. The number of hydrogen-bond donors (Lipinski definition) is 4. The van der Waals surface area contributed by atoms with Gasteiger partial charge in [-0.3, -0.25) is 0 Å². The lowest BCUT2D eigenvalue weighted by Crippen LogP contribution is -2.37. The lowest BCUT2D eigenvalue weighted by Gasteiger charge is -2.23. The molecule has 1 aliphatic heterocycles. The van der Waals surface area contributed by atoms with Crippen molar-refractivity contribution in [2.45, 2.75) is 6.17 Å². The number of phenols is 1. The van der Waals surface area contributed by atoms with Crippen LogP contribution in [-0.2, 0) is 0 Å². The topological polar surface area (TPSA) is 93.5 Å². The summed E-state index contributed by atoms with van der Waals surface area (Å²) in [5, 5.41) is 12.9. The van der Waals surface area contributed by atoms with Gasteiger partial charge in [0.05, 0.1) is 7.11 Å². The van der Waals surface area contributed by atoms with E-state index < -0.39 is 12.0 Å². The van der Waals surface area contributed by atoms with E-state index in [1.165, 1.54) is 13.2 Å². The Labute approximate surface area is 139 Å².